The predicted octanol–water partition coefficient (Wildman–Crippen LogP) is 5.29. The summed E-state index contributed by atoms with van der Waals surface area (Å²) in [5.74, 6) is -1.28. The molecule has 1 amide bonds. The van der Waals surface area contributed by atoms with E-state index in [1.807, 2.05) is 24.3 Å². The Morgan fingerprint density at radius 1 is 1.03 bits per heavy atom. The first-order valence-corrected chi connectivity index (χ1v) is 11.0. The smallest absolute Gasteiger partial charge is 0.326 e. The summed E-state index contributed by atoms with van der Waals surface area (Å²) < 4.78 is 5.45. The number of carbonyl (C=O) groups excluding carboxylic acids is 1. The van der Waals surface area contributed by atoms with Crippen LogP contribution in [0.4, 0.5) is 0 Å². The third kappa shape index (κ3) is 5.50. The van der Waals surface area contributed by atoms with Crippen molar-refractivity contribution in [2.75, 3.05) is 7.11 Å². The van der Waals surface area contributed by atoms with Gasteiger partial charge in [0.05, 0.1) is 28.4 Å². The van der Waals surface area contributed by atoms with Crippen LogP contribution in [0.1, 0.15) is 28.4 Å². The van der Waals surface area contributed by atoms with Crippen molar-refractivity contribution in [2.45, 2.75) is 19.4 Å². The van der Waals surface area contributed by atoms with Crippen LogP contribution in [0.25, 0.3) is 11.1 Å². The molecule has 176 valence electrons. The van der Waals surface area contributed by atoms with Gasteiger partial charge in [-0.3, -0.25) is 4.79 Å². The number of hydrogen-bond donors (Lipinski definition) is 3. The summed E-state index contributed by atoms with van der Waals surface area (Å²) in [6, 6.07) is 16.0. The van der Waals surface area contributed by atoms with Crippen molar-refractivity contribution in [3.63, 3.8) is 0 Å². The molecule has 0 aliphatic carbocycles. The zero-order chi connectivity index (χ0) is 24.8. The lowest BCUT2D eigenvalue weighted by Gasteiger charge is -2.18. The Morgan fingerprint density at radius 2 is 1.71 bits per heavy atom. The highest BCUT2D eigenvalue weighted by Gasteiger charge is 2.24. The fraction of sp³-hybridized carbons (Fsp3) is 0.160. The Balaban J connectivity index is 1.95. The second-order valence-corrected chi connectivity index (χ2v) is 8.25. The third-order valence-corrected chi connectivity index (χ3v) is 5.88. The van der Waals surface area contributed by atoms with E-state index in [9.17, 15) is 19.9 Å². The van der Waals surface area contributed by atoms with Crippen molar-refractivity contribution in [1.82, 2.24) is 5.32 Å². The number of amides is 1. The van der Waals surface area contributed by atoms with Crippen LogP contribution in [0.3, 0.4) is 0 Å². The molecule has 0 heterocycles. The number of nitrogens with one attached hydrogen (secondary N) is 1. The molecule has 0 spiro atoms. The Bertz CT molecular complexity index is 1240. The topological polar surface area (TPSA) is 108 Å². The van der Waals surface area contributed by atoms with Gasteiger partial charge >= 0.3 is 5.97 Å². The Morgan fingerprint density at radius 3 is 2.32 bits per heavy atom. The van der Waals surface area contributed by atoms with E-state index in [0.29, 0.717) is 22.6 Å². The molecule has 0 aromatic heterocycles. The van der Waals surface area contributed by atoms with Crippen LogP contribution < -0.4 is 10.1 Å². The molecule has 34 heavy (non-hydrogen) atoms. The number of rotatable bonds is 8. The summed E-state index contributed by atoms with van der Waals surface area (Å²) in [7, 11) is 1.56. The number of carboxylic acids is 1. The lowest BCUT2D eigenvalue weighted by Crippen LogP contribution is -2.42. The van der Waals surface area contributed by atoms with Gasteiger partial charge in [-0.05, 0) is 42.3 Å². The van der Waals surface area contributed by atoms with Gasteiger partial charge in [0.25, 0.3) is 5.91 Å². The molecule has 0 saturated carbocycles. The van der Waals surface area contributed by atoms with Crippen molar-refractivity contribution in [2.24, 2.45) is 5.16 Å². The minimum Gasteiger partial charge on any atom is -0.496 e. The molecule has 0 bridgehead atoms. The highest BCUT2D eigenvalue weighted by atomic mass is 35.5. The van der Waals surface area contributed by atoms with Crippen molar-refractivity contribution < 1.29 is 24.6 Å². The fourth-order valence-electron chi connectivity index (χ4n) is 3.55. The number of methoxy groups -OCH3 is 1. The van der Waals surface area contributed by atoms with Gasteiger partial charge in [0, 0.05) is 17.5 Å². The van der Waals surface area contributed by atoms with Crippen LogP contribution in [-0.2, 0) is 11.2 Å². The molecule has 3 aromatic rings. The molecule has 0 aliphatic rings. The van der Waals surface area contributed by atoms with E-state index >= 15 is 0 Å². The summed E-state index contributed by atoms with van der Waals surface area (Å²) in [5, 5.41) is 25.2. The van der Waals surface area contributed by atoms with Crippen molar-refractivity contribution in [3.05, 3.63) is 87.4 Å². The standard InChI is InChI=1S/C25H22Cl2N2O5/c1-14(29-33)18-12-15(10-11-16(18)17-6-3-4-9-22(17)34-2)13-21(25(31)32)28-24(30)23-19(26)7-5-8-20(23)27/h3-12,21,33H,13H2,1-2H3,(H,28,30)(H,31,32)/b29-14+/t21-/m0/s1. The summed E-state index contributed by atoms with van der Waals surface area (Å²) in [6.45, 7) is 1.63. The van der Waals surface area contributed by atoms with Crippen LogP contribution >= 0.6 is 23.2 Å². The van der Waals surface area contributed by atoms with Gasteiger partial charge in [0.15, 0.2) is 0 Å². The molecule has 3 rings (SSSR count). The van der Waals surface area contributed by atoms with Gasteiger partial charge in [0.2, 0.25) is 0 Å². The predicted molar refractivity (Wildman–Crippen MR) is 131 cm³/mol. The second-order valence-electron chi connectivity index (χ2n) is 7.43. The number of oxime groups is 1. The van der Waals surface area contributed by atoms with E-state index in [2.05, 4.69) is 10.5 Å². The van der Waals surface area contributed by atoms with Crippen molar-refractivity contribution >= 4 is 40.8 Å². The molecular formula is C25H22Cl2N2O5. The summed E-state index contributed by atoms with van der Waals surface area (Å²) in [4.78, 5) is 24.6. The van der Waals surface area contributed by atoms with Gasteiger partial charge in [-0.2, -0.15) is 0 Å². The third-order valence-electron chi connectivity index (χ3n) is 5.25. The summed E-state index contributed by atoms with van der Waals surface area (Å²) >= 11 is 12.2. The molecular weight excluding hydrogens is 479 g/mol. The zero-order valence-electron chi connectivity index (χ0n) is 18.4. The minimum absolute atomic E-state index is 0.00699. The number of nitrogens with zero attached hydrogens (tertiary/aromatic N) is 1. The molecule has 7 nitrogen and oxygen atoms in total. The monoisotopic (exact) mass is 500 g/mol. The molecule has 0 unspecified atom stereocenters. The second kappa shape index (κ2) is 11.0. The number of ether oxygens (including phenoxy) is 1. The minimum atomic E-state index is -1.25. The van der Waals surface area contributed by atoms with Gasteiger partial charge in [-0.1, -0.05) is 64.8 Å². The van der Waals surface area contributed by atoms with Gasteiger partial charge < -0.3 is 20.4 Å². The average molecular weight is 501 g/mol. The fourth-order valence-corrected chi connectivity index (χ4v) is 4.12. The van der Waals surface area contributed by atoms with E-state index < -0.39 is 17.9 Å². The zero-order valence-corrected chi connectivity index (χ0v) is 19.9. The largest absolute Gasteiger partial charge is 0.496 e. The molecule has 3 N–H and O–H groups in total. The van der Waals surface area contributed by atoms with Crippen LogP contribution in [0.5, 0.6) is 5.75 Å². The van der Waals surface area contributed by atoms with Crippen LogP contribution in [0.15, 0.2) is 65.8 Å². The first-order valence-electron chi connectivity index (χ1n) is 10.2. The lowest BCUT2D eigenvalue weighted by atomic mass is 9.92. The van der Waals surface area contributed by atoms with E-state index in [1.165, 1.54) is 12.1 Å². The first-order chi connectivity index (χ1) is 16.3. The molecule has 0 saturated heterocycles. The summed E-state index contributed by atoms with van der Waals surface area (Å²) in [6.07, 6.45) is -0.0267. The molecule has 9 heteroatoms. The maximum Gasteiger partial charge on any atom is 0.326 e. The highest BCUT2D eigenvalue weighted by Crippen LogP contribution is 2.33. The van der Waals surface area contributed by atoms with E-state index in [4.69, 9.17) is 27.9 Å². The van der Waals surface area contributed by atoms with Crippen molar-refractivity contribution in [1.29, 1.82) is 0 Å². The number of para-hydroxylation sites is 1. The number of halogens is 2. The average Bonchev–Trinajstić information content (AvgIpc) is 2.82. The molecule has 0 radical (unpaired) electrons. The lowest BCUT2D eigenvalue weighted by molar-refractivity contribution is -0.139. The summed E-state index contributed by atoms with van der Waals surface area (Å²) in [5.41, 5.74) is 3.07. The first kappa shape index (κ1) is 25.1. The van der Waals surface area contributed by atoms with Gasteiger partial charge in [-0.25, -0.2) is 4.79 Å². The van der Waals surface area contributed by atoms with Gasteiger partial charge in [0.1, 0.15) is 11.8 Å². The number of aliphatic carboxylic acids is 1. The van der Waals surface area contributed by atoms with Crippen molar-refractivity contribution in [3.8, 4) is 16.9 Å². The van der Waals surface area contributed by atoms with Gasteiger partial charge in [-0.15, -0.1) is 0 Å². The maximum absolute atomic E-state index is 12.7. The molecule has 0 fully saturated rings. The molecule has 1 atom stereocenters. The van der Waals surface area contributed by atoms with Crippen LogP contribution in [-0.4, -0.2) is 41.1 Å². The molecule has 0 aliphatic heterocycles. The highest BCUT2D eigenvalue weighted by molar-refractivity contribution is 6.39. The van der Waals surface area contributed by atoms with E-state index in [0.717, 1.165) is 11.1 Å². The number of benzene rings is 3. The van der Waals surface area contributed by atoms with E-state index in [1.54, 1.807) is 38.3 Å². The Hall–Kier alpha value is -3.55. The molecule has 3 aromatic carbocycles. The Labute approximate surface area is 206 Å². The van der Waals surface area contributed by atoms with Crippen LogP contribution in [0, 0.1) is 0 Å². The van der Waals surface area contributed by atoms with E-state index in [-0.39, 0.29) is 22.0 Å². The number of hydrogen-bond acceptors (Lipinski definition) is 5. The Kier molecular flexibility index (Phi) is 8.15. The normalized spacial score (nSPS) is 12.2. The number of carboxylic acid groups (broad SMARTS) is 1. The maximum atomic E-state index is 12.7. The number of carbonyl (C=O) groups is 2. The SMILES string of the molecule is COc1ccccc1-c1ccc(C[C@H](NC(=O)c2c(Cl)cccc2Cl)C(=O)O)cc1/C(C)=N/O. The van der Waals surface area contributed by atoms with Crippen LogP contribution in [0.2, 0.25) is 10.0 Å². The quantitative estimate of drug-likeness (QED) is 0.221.